The minimum Gasteiger partial charge on any atom is -0.377 e. The highest BCUT2D eigenvalue weighted by molar-refractivity contribution is 5.26. The van der Waals surface area contributed by atoms with E-state index in [1.807, 2.05) is 0 Å². The predicted octanol–water partition coefficient (Wildman–Crippen LogP) is 5.13. The minimum atomic E-state index is 0.195. The summed E-state index contributed by atoms with van der Waals surface area (Å²) >= 11 is 0. The van der Waals surface area contributed by atoms with Gasteiger partial charge in [0.25, 0.3) is 0 Å². The molecule has 0 spiro atoms. The molecule has 126 valence electrons. The van der Waals surface area contributed by atoms with Gasteiger partial charge in [0.1, 0.15) is 0 Å². The SMILES string of the molecule is CCC(c1cccc(COCCCNC(C)(C)C)c1)C(C)C. The molecule has 0 fully saturated rings. The van der Waals surface area contributed by atoms with Gasteiger partial charge in [-0.2, -0.15) is 0 Å². The van der Waals surface area contributed by atoms with Crippen molar-refractivity contribution in [2.24, 2.45) is 5.92 Å². The maximum Gasteiger partial charge on any atom is 0.0716 e. The third kappa shape index (κ3) is 7.42. The monoisotopic (exact) mass is 305 g/mol. The van der Waals surface area contributed by atoms with E-state index in [0.717, 1.165) is 26.2 Å². The molecule has 0 aliphatic carbocycles. The zero-order chi connectivity index (χ0) is 16.6. The summed E-state index contributed by atoms with van der Waals surface area (Å²) < 4.78 is 5.82. The van der Waals surface area contributed by atoms with Crippen LogP contribution in [-0.4, -0.2) is 18.7 Å². The molecule has 1 rings (SSSR count). The molecule has 0 heterocycles. The molecule has 0 amide bonds. The molecule has 1 unspecified atom stereocenters. The highest BCUT2D eigenvalue weighted by Crippen LogP contribution is 2.28. The topological polar surface area (TPSA) is 21.3 Å². The van der Waals surface area contributed by atoms with E-state index in [9.17, 15) is 0 Å². The van der Waals surface area contributed by atoms with Crippen molar-refractivity contribution in [3.8, 4) is 0 Å². The van der Waals surface area contributed by atoms with Crippen molar-refractivity contribution < 1.29 is 4.74 Å². The molecular weight excluding hydrogens is 270 g/mol. The Hall–Kier alpha value is -0.860. The maximum atomic E-state index is 5.82. The van der Waals surface area contributed by atoms with E-state index in [2.05, 4.69) is 71.1 Å². The predicted molar refractivity (Wildman–Crippen MR) is 96.3 cm³/mol. The van der Waals surface area contributed by atoms with E-state index in [4.69, 9.17) is 4.74 Å². The van der Waals surface area contributed by atoms with E-state index < -0.39 is 0 Å². The van der Waals surface area contributed by atoms with Crippen LogP contribution < -0.4 is 5.32 Å². The van der Waals surface area contributed by atoms with Crippen LogP contribution in [-0.2, 0) is 11.3 Å². The first-order valence-corrected chi connectivity index (χ1v) is 8.75. The molecule has 2 heteroatoms. The Labute approximate surface area is 137 Å². The van der Waals surface area contributed by atoms with Gasteiger partial charge in [-0.25, -0.2) is 0 Å². The van der Waals surface area contributed by atoms with Crippen molar-refractivity contribution >= 4 is 0 Å². The Bertz CT molecular complexity index is 420. The third-order valence-electron chi connectivity index (χ3n) is 4.01. The summed E-state index contributed by atoms with van der Waals surface area (Å²) in [6.45, 7) is 16.0. The van der Waals surface area contributed by atoms with Gasteiger partial charge in [0.05, 0.1) is 6.61 Å². The lowest BCUT2D eigenvalue weighted by Gasteiger charge is -2.21. The third-order valence-corrected chi connectivity index (χ3v) is 4.01. The fourth-order valence-electron chi connectivity index (χ4n) is 2.83. The molecule has 1 aromatic rings. The Kier molecular flexibility index (Phi) is 8.13. The van der Waals surface area contributed by atoms with Gasteiger partial charge in [0, 0.05) is 12.1 Å². The summed E-state index contributed by atoms with van der Waals surface area (Å²) in [5.41, 5.74) is 2.94. The molecule has 1 N–H and O–H groups in total. The summed E-state index contributed by atoms with van der Waals surface area (Å²) in [6.07, 6.45) is 2.25. The lowest BCUT2D eigenvalue weighted by atomic mass is 9.86. The van der Waals surface area contributed by atoms with Gasteiger partial charge < -0.3 is 10.1 Å². The number of nitrogens with one attached hydrogen (secondary N) is 1. The zero-order valence-electron chi connectivity index (χ0n) is 15.4. The first-order valence-electron chi connectivity index (χ1n) is 8.75. The summed E-state index contributed by atoms with van der Waals surface area (Å²) in [7, 11) is 0. The fourth-order valence-corrected chi connectivity index (χ4v) is 2.83. The van der Waals surface area contributed by atoms with Gasteiger partial charge in [-0.3, -0.25) is 0 Å². The number of ether oxygens (including phenoxy) is 1. The van der Waals surface area contributed by atoms with Crippen molar-refractivity contribution in [2.45, 2.75) is 72.4 Å². The molecule has 0 aromatic heterocycles. The van der Waals surface area contributed by atoms with Crippen molar-refractivity contribution in [2.75, 3.05) is 13.2 Å². The second kappa shape index (κ2) is 9.32. The number of rotatable bonds is 9. The highest BCUT2D eigenvalue weighted by Gasteiger charge is 2.13. The molecule has 2 nitrogen and oxygen atoms in total. The molecular formula is C20H35NO. The molecule has 0 saturated carbocycles. The van der Waals surface area contributed by atoms with E-state index >= 15 is 0 Å². The first kappa shape index (κ1) is 19.2. The fraction of sp³-hybridized carbons (Fsp3) is 0.700. The number of hydrogen-bond donors (Lipinski definition) is 1. The average Bonchev–Trinajstić information content (AvgIpc) is 2.42. The largest absolute Gasteiger partial charge is 0.377 e. The summed E-state index contributed by atoms with van der Waals surface area (Å²) in [4.78, 5) is 0. The van der Waals surface area contributed by atoms with Crippen molar-refractivity contribution in [3.05, 3.63) is 35.4 Å². The van der Waals surface area contributed by atoms with Crippen molar-refractivity contribution in [1.82, 2.24) is 5.32 Å². The molecule has 0 bridgehead atoms. The molecule has 0 saturated heterocycles. The van der Waals surface area contributed by atoms with Gasteiger partial charge in [-0.05, 0) is 63.1 Å². The minimum absolute atomic E-state index is 0.195. The van der Waals surface area contributed by atoms with Crippen LogP contribution in [0.15, 0.2) is 24.3 Å². The second-order valence-electron chi connectivity index (χ2n) is 7.59. The summed E-state index contributed by atoms with van der Waals surface area (Å²) in [5.74, 6) is 1.33. The summed E-state index contributed by atoms with van der Waals surface area (Å²) in [6, 6.07) is 8.91. The van der Waals surface area contributed by atoms with Gasteiger partial charge in [0.15, 0.2) is 0 Å². The Morgan fingerprint density at radius 2 is 1.91 bits per heavy atom. The number of hydrogen-bond acceptors (Lipinski definition) is 2. The lowest BCUT2D eigenvalue weighted by molar-refractivity contribution is 0.117. The van der Waals surface area contributed by atoms with Crippen LogP contribution in [0.5, 0.6) is 0 Å². The Morgan fingerprint density at radius 1 is 1.18 bits per heavy atom. The van der Waals surface area contributed by atoms with Crippen LogP contribution in [0.4, 0.5) is 0 Å². The molecule has 0 aliphatic heterocycles. The normalized spacial score (nSPS) is 13.6. The van der Waals surface area contributed by atoms with E-state index in [1.54, 1.807) is 0 Å². The summed E-state index contributed by atoms with van der Waals surface area (Å²) in [5, 5.41) is 3.48. The molecule has 0 radical (unpaired) electrons. The van der Waals surface area contributed by atoms with Gasteiger partial charge >= 0.3 is 0 Å². The van der Waals surface area contributed by atoms with Gasteiger partial charge in [-0.1, -0.05) is 45.0 Å². The molecule has 22 heavy (non-hydrogen) atoms. The maximum absolute atomic E-state index is 5.82. The first-order chi connectivity index (χ1) is 10.3. The van der Waals surface area contributed by atoms with Crippen LogP contribution in [0.2, 0.25) is 0 Å². The molecule has 0 aliphatic rings. The van der Waals surface area contributed by atoms with Crippen LogP contribution in [0.1, 0.15) is 71.4 Å². The van der Waals surface area contributed by atoms with Crippen LogP contribution >= 0.6 is 0 Å². The van der Waals surface area contributed by atoms with E-state index in [-0.39, 0.29) is 5.54 Å². The quantitative estimate of drug-likeness (QED) is 0.638. The van der Waals surface area contributed by atoms with Crippen LogP contribution in [0.3, 0.4) is 0 Å². The Morgan fingerprint density at radius 3 is 2.50 bits per heavy atom. The zero-order valence-corrected chi connectivity index (χ0v) is 15.4. The van der Waals surface area contributed by atoms with Crippen molar-refractivity contribution in [3.63, 3.8) is 0 Å². The number of benzene rings is 1. The molecule has 1 atom stereocenters. The second-order valence-corrected chi connectivity index (χ2v) is 7.59. The van der Waals surface area contributed by atoms with Crippen molar-refractivity contribution in [1.29, 1.82) is 0 Å². The average molecular weight is 306 g/mol. The lowest BCUT2D eigenvalue weighted by Crippen LogP contribution is -2.36. The van der Waals surface area contributed by atoms with Crippen LogP contribution in [0, 0.1) is 5.92 Å². The molecule has 1 aromatic carbocycles. The van der Waals surface area contributed by atoms with E-state index in [0.29, 0.717) is 11.8 Å². The smallest absolute Gasteiger partial charge is 0.0716 e. The van der Waals surface area contributed by atoms with E-state index in [1.165, 1.54) is 17.5 Å². The highest BCUT2D eigenvalue weighted by atomic mass is 16.5. The Balaban J connectivity index is 2.38. The standard InChI is InChI=1S/C20H35NO/c1-7-19(16(2)3)18-11-8-10-17(14-18)15-22-13-9-12-21-20(4,5)6/h8,10-11,14,16,19,21H,7,9,12-13,15H2,1-6H3. The van der Waals surface area contributed by atoms with Gasteiger partial charge in [0.2, 0.25) is 0 Å². The van der Waals surface area contributed by atoms with Crippen LogP contribution in [0.25, 0.3) is 0 Å². The van der Waals surface area contributed by atoms with Gasteiger partial charge in [-0.15, -0.1) is 0 Å².